The topological polar surface area (TPSA) is 19.4 Å². The molecule has 0 aromatic heterocycles. The Balaban J connectivity index is -0.000000209. The second kappa shape index (κ2) is 26.9. The maximum Gasteiger partial charge on any atom is 0.0890 e. The first kappa shape index (κ1) is 42.0. The Bertz CT molecular complexity index is 548. The van der Waals surface area contributed by atoms with E-state index in [0.29, 0.717) is 0 Å². The molecule has 0 fully saturated rings. The lowest BCUT2D eigenvalue weighted by molar-refractivity contribution is -0.00100. The van der Waals surface area contributed by atoms with Crippen LogP contribution in [-0.4, -0.2) is 90.2 Å². The van der Waals surface area contributed by atoms with E-state index >= 15 is 0 Å². The molecule has 36 heavy (non-hydrogen) atoms. The van der Waals surface area contributed by atoms with Crippen LogP contribution in [-0.2, 0) is 0 Å². The summed E-state index contributed by atoms with van der Waals surface area (Å²) in [5.74, 6) is 0. The maximum absolute atomic E-state index is 2.39. The highest BCUT2D eigenvalue weighted by Gasteiger charge is 2.07. The summed E-state index contributed by atoms with van der Waals surface area (Å²) in [5.41, 5.74) is 0. The number of unbranched alkanes of at least 4 members (excludes halogenated alkanes) is 6. The van der Waals surface area contributed by atoms with Gasteiger partial charge in [-0.25, -0.2) is 0 Å². The van der Waals surface area contributed by atoms with E-state index in [9.17, 15) is 0 Å². The highest BCUT2D eigenvalue weighted by molar-refractivity contribution is 4.89. The molecule has 0 aromatic carbocycles. The smallest absolute Gasteiger partial charge is 0.0890 e. The molecule has 0 spiro atoms. The van der Waals surface area contributed by atoms with Crippen molar-refractivity contribution in [1.82, 2.24) is 29.4 Å². The van der Waals surface area contributed by atoms with E-state index < -0.39 is 0 Å². The molecule has 0 aliphatic carbocycles. The lowest BCUT2D eigenvalue weighted by Gasteiger charge is -2.17. The summed E-state index contributed by atoms with van der Waals surface area (Å²) in [5, 5.41) is 0. The SMILES string of the molecule is C.CCCCCCCCN1C=CN(C)C1.CCCCN1C=CN(C)C1.CCN1C=CN(C)C1.[Cl-].[Cl-].[Cl-]. The van der Waals surface area contributed by atoms with Gasteiger partial charge in [-0.05, 0) is 19.8 Å². The second-order valence-corrected chi connectivity index (χ2v) is 9.24. The van der Waals surface area contributed by atoms with Crippen molar-refractivity contribution < 1.29 is 37.2 Å². The van der Waals surface area contributed by atoms with Crippen molar-refractivity contribution in [2.75, 3.05) is 60.8 Å². The molecular weight excluding hydrogens is 515 g/mol. The van der Waals surface area contributed by atoms with Crippen LogP contribution in [0.2, 0.25) is 0 Å². The van der Waals surface area contributed by atoms with E-state index in [1.165, 1.54) is 64.5 Å². The number of hydrogen-bond acceptors (Lipinski definition) is 6. The van der Waals surface area contributed by atoms with Gasteiger partial charge >= 0.3 is 0 Å². The van der Waals surface area contributed by atoms with E-state index in [1.807, 2.05) is 0 Å². The van der Waals surface area contributed by atoms with Gasteiger partial charge in [-0.1, -0.05) is 59.8 Å². The predicted octanol–water partition coefficient (Wildman–Crippen LogP) is -3.18. The van der Waals surface area contributed by atoms with Gasteiger partial charge in [0.25, 0.3) is 0 Å². The molecule has 0 unspecified atom stereocenters. The van der Waals surface area contributed by atoms with Gasteiger partial charge in [-0.3, -0.25) is 0 Å². The Kier molecular flexibility index (Phi) is 31.4. The molecule has 0 aromatic rings. The number of rotatable bonds is 11. The summed E-state index contributed by atoms with van der Waals surface area (Å²) >= 11 is 0. The fraction of sp³-hybridized carbons (Fsp3) is 0.778. The van der Waals surface area contributed by atoms with Gasteiger partial charge in [0.05, 0.1) is 20.0 Å². The van der Waals surface area contributed by atoms with Crippen LogP contribution in [0.1, 0.15) is 79.6 Å². The summed E-state index contributed by atoms with van der Waals surface area (Å²) in [6, 6.07) is 0. The minimum atomic E-state index is 0. The number of nitrogens with zero attached hydrogens (tertiary/aromatic N) is 6. The molecule has 3 rings (SSSR count). The minimum absolute atomic E-state index is 0. The summed E-state index contributed by atoms with van der Waals surface area (Å²) in [6.45, 7) is 13.4. The average Bonchev–Trinajstić information content (AvgIpc) is 3.51. The summed E-state index contributed by atoms with van der Waals surface area (Å²) in [4.78, 5) is 13.5. The van der Waals surface area contributed by atoms with Gasteiger partial charge < -0.3 is 66.6 Å². The summed E-state index contributed by atoms with van der Waals surface area (Å²) in [6.07, 6.45) is 23.8. The Morgan fingerprint density at radius 3 is 1.17 bits per heavy atom. The molecule has 3 heterocycles. The fourth-order valence-corrected chi connectivity index (χ4v) is 3.72. The molecule has 3 aliphatic rings. The second-order valence-electron chi connectivity index (χ2n) is 9.24. The number of halogens is 3. The van der Waals surface area contributed by atoms with E-state index in [-0.39, 0.29) is 44.6 Å². The molecule has 0 amide bonds. The number of hydrogen-bond donors (Lipinski definition) is 0. The van der Waals surface area contributed by atoms with Gasteiger partial charge in [0, 0.05) is 78.0 Å². The first-order chi connectivity index (χ1) is 15.5. The molecular formula is C27H56Cl3N6-3. The Hall–Kier alpha value is -1.11. The minimum Gasteiger partial charge on any atom is -1.00 e. The van der Waals surface area contributed by atoms with Crippen LogP contribution in [0.25, 0.3) is 0 Å². The molecule has 0 radical (unpaired) electrons. The Morgan fingerprint density at radius 2 is 0.833 bits per heavy atom. The largest absolute Gasteiger partial charge is 1.00 e. The van der Waals surface area contributed by atoms with Gasteiger partial charge in [0.2, 0.25) is 0 Å². The third kappa shape index (κ3) is 21.0. The average molecular weight is 571 g/mol. The van der Waals surface area contributed by atoms with Crippen molar-refractivity contribution in [3.63, 3.8) is 0 Å². The molecule has 0 bridgehead atoms. The zero-order chi connectivity index (χ0) is 23.6. The van der Waals surface area contributed by atoms with E-state index in [4.69, 9.17) is 0 Å². The quantitative estimate of drug-likeness (QED) is 0.242. The molecule has 0 saturated carbocycles. The molecule has 0 N–H and O–H groups in total. The lowest BCUT2D eigenvalue weighted by atomic mass is 10.1. The van der Waals surface area contributed by atoms with Crippen molar-refractivity contribution >= 4 is 0 Å². The first-order valence-electron chi connectivity index (χ1n) is 12.9. The molecule has 0 atom stereocenters. The van der Waals surface area contributed by atoms with Gasteiger partial charge in [0.1, 0.15) is 0 Å². The van der Waals surface area contributed by atoms with Gasteiger partial charge in [-0.2, -0.15) is 0 Å². The van der Waals surface area contributed by atoms with E-state index in [2.05, 4.69) is 109 Å². The van der Waals surface area contributed by atoms with E-state index in [1.54, 1.807) is 0 Å². The third-order valence-corrected chi connectivity index (χ3v) is 5.81. The Morgan fingerprint density at radius 1 is 0.472 bits per heavy atom. The molecule has 0 saturated heterocycles. The van der Waals surface area contributed by atoms with Gasteiger partial charge in [0.15, 0.2) is 0 Å². The molecule has 3 aliphatic heterocycles. The predicted molar refractivity (Wildman–Crippen MR) is 146 cm³/mol. The van der Waals surface area contributed by atoms with Crippen LogP contribution in [0.15, 0.2) is 37.2 Å². The highest BCUT2D eigenvalue weighted by atomic mass is 35.5. The van der Waals surface area contributed by atoms with Crippen LogP contribution >= 0.6 is 0 Å². The standard InChI is InChI=1S/C12H24N2.C8H16N2.C6H12N2.CH4.3ClH/c1-3-4-5-6-7-8-9-14-11-10-13(2)12-14;1-3-4-5-10-7-6-9(2)8-10;1-3-8-5-4-7(2)6-8;;;;/h10-11H,3-9,12H2,1-2H3;6-7H,3-5,8H2,1-2H3;4-5H,3,6H2,1-2H3;1H4;3*1H/p-3. The fourth-order valence-electron chi connectivity index (χ4n) is 3.72. The first-order valence-corrected chi connectivity index (χ1v) is 12.9. The van der Waals surface area contributed by atoms with Crippen molar-refractivity contribution in [2.45, 2.75) is 79.6 Å². The normalized spacial score (nSPS) is 14.8. The third-order valence-electron chi connectivity index (χ3n) is 5.81. The Labute approximate surface area is 243 Å². The summed E-state index contributed by atoms with van der Waals surface area (Å²) < 4.78 is 0. The van der Waals surface area contributed by atoms with Crippen LogP contribution in [0.4, 0.5) is 0 Å². The van der Waals surface area contributed by atoms with Crippen molar-refractivity contribution in [1.29, 1.82) is 0 Å². The van der Waals surface area contributed by atoms with Crippen LogP contribution < -0.4 is 37.2 Å². The van der Waals surface area contributed by atoms with Crippen molar-refractivity contribution in [3.05, 3.63) is 37.2 Å². The zero-order valence-corrected chi connectivity index (χ0v) is 25.4. The monoisotopic (exact) mass is 569 g/mol. The molecule has 218 valence electrons. The van der Waals surface area contributed by atoms with Crippen LogP contribution in [0.5, 0.6) is 0 Å². The summed E-state index contributed by atoms with van der Waals surface area (Å²) in [7, 11) is 6.30. The van der Waals surface area contributed by atoms with E-state index in [0.717, 1.165) is 26.6 Å². The zero-order valence-electron chi connectivity index (χ0n) is 23.2. The maximum atomic E-state index is 2.39. The molecule has 9 heteroatoms. The van der Waals surface area contributed by atoms with Crippen molar-refractivity contribution in [2.24, 2.45) is 0 Å². The van der Waals surface area contributed by atoms with Crippen molar-refractivity contribution in [3.8, 4) is 0 Å². The van der Waals surface area contributed by atoms with Crippen LogP contribution in [0.3, 0.4) is 0 Å². The van der Waals surface area contributed by atoms with Gasteiger partial charge in [-0.15, -0.1) is 0 Å². The highest BCUT2D eigenvalue weighted by Crippen LogP contribution is 2.09. The van der Waals surface area contributed by atoms with Crippen LogP contribution in [0, 0.1) is 0 Å². The lowest BCUT2D eigenvalue weighted by Crippen LogP contribution is -3.00. The molecule has 6 nitrogen and oxygen atoms in total.